The highest BCUT2D eigenvalue weighted by Crippen LogP contribution is 2.18. The Morgan fingerprint density at radius 1 is 1.15 bits per heavy atom. The van der Waals surface area contributed by atoms with Gasteiger partial charge in [-0.15, -0.1) is 12.6 Å². The minimum atomic E-state index is 0.972. The van der Waals surface area contributed by atoms with Gasteiger partial charge in [-0.1, -0.05) is 12.1 Å². The van der Waals surface area contributed by atoms with E-state index in [-0.39, 0.29) is 0 Å². The van der Waals surface area contributed by atoms with E-state index >= 15 is 0 Å². The van der Waals surface area contributed by atoms with Gasteiger partial charge >= 0.3 is 0 Å². The second-order valence-corrected chi connectivity index (χ2v) is 3.44. The van der Waals surface area contributed by atoms with Gasteiger partial charge in [-0.2, -0.15) is 5.10 Å². The van der Waals surface area contributed by atoms with Gasteiger partial charge in [0.1, 0.15) is 0 Å². The van der Waals surface area contributed by atoms with Crippen molar-refractivity contribution < 1.29 is 0 Å². The molecule has 0 amide bonds. The zero-order chi connectivity index (χ0) is 9.26. The lowest BCUT2D eigenvalue weighted by Crippen LogP contribution is -1.87. The minimum Gasteiger partial charge on any atom is -0.275 e. The van der Waals surface area contributed by atoms with Crippen LogP contribution >= 0.6 is 12.6 Å². The van der Waals surface area contributed by atoms with E-state index in [1.807, 2.05) is 43.6 Å². The van der Waals surface area contributed by atoms with E-state index in [2.05, 4.69) is 17.7 Å². The molecule has 0 N–H and O–H groups in total. The standard InChI is InChI=1S/C10H10N2S/c1-12-7-6-10(11-12)8-2-4-9(13)5-3-8/h2-7,13H,1H3. The number of hydrogen-bond acceptors (Lipinski definition) is 2. The summed E-state index contributed by atoms with van der Waals surface area (Å²) < 4.78 is 1.80. The largest absolute Gasteiger partial charge is 0.275 e. The molecule has 0 aliphatic heterocycles. The van der Waals surface area contributed by atoms with E-state index in [1.54, 1.807) is 4.68 Å². The van der Waals surface area contributed by atoms with E-state index in [1.165, 1.54) is 0 Å². The Morgan fingerprint density at radius 3 is 2.38 bits per heavy atom. The van der Waals surface area contributed by atoms with Crippen molar-refractivity contribution in [1.29, 1.82) is 0 Å². The number of aromatic nitrogens is 2. The predicted octanol–water partition coefficient (Wildman–Crippen LogP) is 2.38. The van der Waals surface area contributed by atoms with Crippen LogP contribution in [0.15, 0.2) is 41.4 Å². The average Bonchev–Trinajstić information content (AvgIpc) is 2.53. The summed E-state index contributed by atoms with van der Waals surface area (Å²) in [7, 11) is 1.91. The van der Waals surface area contributed by atoms with Gasteiger partial charge in [-0.25, -0.2) is 0 Å². The van der Waals surface area contributed by atoms with Crippen LogP contribution in [0.5, 0.6) is 0 Å². The van der Waals surface area contributed by atoms with Gasteiger partial charge in [-0.3, -0.25) is 4.68 Å². The van der Waals surface area contributed by atoms with Crippen molar-refractivity contribution in [3.05, 3.63) is 36.5 Å². The molecule has 0 spiro atoms. The molecule has 1 aromatic carbocycles. The summed E-state index contributed by atoms with van der Waals surface area (Å²) in [5, 5.41) is 4.30. The molecule has 2 nitrogen and oxygen atoms in total. The quantitative estimate of drug-likeness (QED) is 0.683. The van der Waals surface area contributed by atoms with Crippen LogP contribution < -0.4 is 0 Å². The summed E-state index contributed by atoms with van der Waals surface area (Å²) in [4.78, 5) is 0.972. The molecule has 0 atom stereocenters. The van der Waals surface area contributed by atoms with Crippen LogP contribution in [0.3, 0.4) is 0 Å². The molecule has 0 unspecified atom stereocenters. The molecule has 66 valence electrons. The van der Waals surface area contributed by atoms with Gasteiger partial charge in [-0.05, 0) is 18.2 Å². The molecule has 1 heterocycles. The lowest BCUT2D eigenvalue weighted by atomic mass is 10.2. The molecular formula is C10H10N2S. The maximum absolute atomic E-state index is 4.30. The van der Waals surface area contributed by atoms with Gasteiger partial charge in [0, 0.05) is 23.7 Å². The first-order valence-electron chi connectivity index (χ1n) is 4.05. The molecular weight excluding hydrogens is 180 g/mol. The van der Waals surface area contributed by atoms with Crippen molar-refractivity contribution in [2.24, 2.45) is 7.05 Å². The Morgan fingerprint density at radius 2 is 1.85 bits per heavy atom. The lowest BCUT2D eigenvalue weighted by molar-refractivity contribution is 0.771. The minimum absolute atomic E-state index is 0.972. The van der Waals surface area contributed by atoms with Crippen molar-refractivity contribution in [2.45, 2.75) is 4.90 Å². The number of benzene rings is 1. The maximum Gasteiger partial charge on any atom is 0.0923 e. The van der Waals surface area contributed by atoms with E-state index in [0.29, 0.717) is 0 Å². The Balaban J connectivity index is 2.41. The molecule has 0 bridgehead atoms. The highest BCUT2D eigenvalue weighted by molar-refractivity contribution is 7.80. The number of hydrogen-bond donors (Lipinski definition) is 1. The van der Waals surface area contributed by atoms with Crippen LogP contribution in [0.1, 0.15) is 0 Å². The Kier molecular flexibility index (Phi) is 2.10. The second-order valence-electron chi connectivity index (χ2n) is 2.92. The first kappa shape index (κ1) is 8.38. The molecule has 0 aliphatic carbocycles. The number of aryl methyl sites for hydroxylation is 1. The van der Waals surface area contributed by atoms with Crippen LogP contribution in [0, 0.1) is 0 Å². The molecule has 0 saturated heterocycles. The molecule has 13 heavy (non-hydrogen) atoms. The smallest absolute Gasteiger partial charge is 0.0923 e. The second kappa shape index (κ2) is 3.26. The fraction of sp³-hybridized carbons (Fsp3) is 0.100. The summed E-state index contributed by atoms with van der Waals surface area (Å²) >= 11 is 4.22. The highest BCUT2D eigenvalue weighted by Gasteiger charge is 1.99. The molecule has 2 rings (SSSR count). The highest BCUT2D eigenvalue weighted by atomic mass is 32.1. The first-order valence-corrected chi connectivity index (χ1v) is 4.49. The zero-order valence-corrected chi connectivity index (χ0v) is 8.20. The van der Waals surface area contributed by atoms with Crippen molar-refractivity contribution in [1.82, 2.24) is 9.78 Å². The number of rotatable bonds is 1. The Labute approximate surface area is 82.6 Å². The van der Waals surface area contributed by atoms with Crippen LogP contribution in [0.25, 0.3) is 11.3 Å². The van der Waals surface area contributed by atoms with Gasteiger partial charge in [0.2, 0.25) is 0 Å². The van der Waals surface area contributed by atoms with Crippen LogP contribution in [-0.2, 0) is 7.05 Å². The molecule has 0 saturated carbocycles. The average molecular weight is 190 g/mol. The van der Waals surface area contributed by atoms with Gasteiger partial charge in [0.05, 0.1) is 5.69 Å². The molecule has 3 heteroatoms. The fourth-order valence-corrected chi connectivity index (χ4v) is 1.35. The van der Waals surface area contributed by atoms with Crippen LogP contribution in [0.2, 0.25) is 0 Å². The van der Waals surface area contributed by atoms with E-state index in [9.17, 15) is 0 Å². The number of thiol groups is 1. The van der Waals surface area contributed by atoms with Crippen molar-refractivity contribution in [3.63, 3.8) is 0 Å². The third kappa shape index (κ3) is 1.75. The maximum atomic E-state index is 4.30. The van der Waals surface area contributed by atoms with Gasteiger partial charge < -0.3 is 0 Å². The van der Waals surface area contributed by atoms with Crippen molar-refractivity contribution in [2.75, 3.05) is 0 Å². The fourth-order valence-electron chi connectivity index (χ4n) is 1.20. The normalized spacial score (nSPS) is 10.3. The summed E-state index contributed by atoms with van der Waals surface area (Å²) in [5.74, 6) is 0. The summed E-state index contributed by atoms with van der Waals surface area (Å²) in [5.41, 5.74) is 2.12. The van der Waals surface area contributed by atoms with E-state index in [0.717, 1.165) is 16.2 Å². The third-order valence-corrected chi connectivity index (χ3v) is 2.17. The monoisotopic (exact) mass is 190 g/mol. The lowest BCUT2D eigenvalue weighted by Gasteiger charge is -1.96. The Hall–Kier alpha value is -1.22. The summed E-state index contributed by atoms with van der Waals surface area (Å²) in [6.45, 7) is 0. The summed E-state index contributed by atoms with van der Waals surface area (Å²) in [6.07, 6.45) is 1.93. The van der Waals surface area contributed by atoms with Crippen molar-refractivity contribution in [3.8, 4) is 11.3 Å². The van der Waals surface area contributed by atoms with E-state index < -0.39 is 0 Å². The molecule has 0 aliphatic rings. The number of nitrogens with zero attached hydrogens (tertiary/aromatic N) is 2. The molecule has 2 aromatic rings. The predicted molar refractivity (Wildman–Crippen MR) is 55.9 cm³/mol. The SMILES string of the molecule is Cn1ccc(-c2ccc(S)cc2)n1. The molecule has 1 aromatic heterocycles. The Bertz CT molecular complexity index is 403. The summed E-state index contributed by atoms with van der Waals surface area (Å²) in [6, 6.07) is 9.96. The topological polar surface area (TPSA) is 17.8 Å². The van der Waals surface area contributed by atoms with Crippen LogP contribution in [-0.4, -0.2) is 9.78 Å². The van der Waals surface area contributed by atoms with Gasteiger partial charge in [0.25, 0.3) is 0 Å². The first-order chi connectivity index (χ1) is 6.25. The van der Waals surface area contributed by atoms with E-state index in [4.69, 9.17) is 0 Å². The van der Waals surface area contributed by atoms with Gasteiger partial charge in [0.15, 0.2) is 0 Å². The molecule has 0 fully saturated rings. The molecule has 0 radical (unpaired) electrons. The van der Waals surface area contributed by atoms with Crippen LogP contribution in [0.4, 0.5) is 0 Å². The zero-order valence-electron chi connectivity index (χ0n) is 7.31. The van der Waals surface area contributed by atoms with Crippen molar-refractivity contribution >= 4 is 12.6 Å². The third-order valence-electron chi connectivity index (χ3n) is 1.88.